The normalized spacial score (nSPS) is 24.8. The third kappa shape index (κ3) is 4.94. The van der Waals surface area contributed by atoms with Crippen LogP contribution in [0.1, 0.15) is 33.6 Å². The minimum Gasteiger partial charge on any atom is -0.353 e. The Morgan fingerprint density at radius 3 is 2.61 bits per heavy atom. The Balaban J connectivity index is 2.45. The van der Waals surface area contributed by atoms with Gasteiger partial charge in [-0.2, -0.15) is 0 Å². The Labute approximate surface area is 110 Å². The zero-order chi connectivity index (χ0) is 13.8. The molecule has 18 heavy (non-hydrogen) atoms. The van der Waals surface area contributed by atoms with E-state index in [2.05, 4.69) is 24.5 Å². The molecule has 2 atom stereocenters. The fourth-order valence-corrected chi connectivity index (χ4v) is 3.67. The summed E-state index contributed by atoms with van der Waals surface area (Å²) in [4.78, 5) is 11.9. The molecule has 0 aromatic heterocycles. The molecule has 0 bridgehead atoms. The van der Waals surface area contributed by atoms with E-state index in [-0.39, 0.29) is 35.9 Å². The first-order valence-electron chi connectivity index (χ1n) is 6.57. The molecule has 2 unspecified atom stereocenters. The quantitative estimate of drug-likeness (QED) is 0.758. The summed E-state index contributed by atoms with van der Waals surface area (Å²) in [5, 5.41) is 6.05. The highest BCUT2D eigenvalue weighted by Gasteiger charge is 2.26. The van der Waals surface area contributed by atoms with Gasteiger partial charge in [-0.1, -0.05) is 20.8 Å². The van der Waals surface area contributed by atoms with Gasteiger partial charge in [0, 0.05) is 25.0 Å². The fraction of sp³-hybridized carbons (Fsp3) is 0.917. The summed E-state index contributed by atoms with van der Waals surface area (Å²) in [7, 11) is -2.97. The lowest BCUT2D eigenvalue weighted by Gasteiger charge is -2.25. The number of nitrogens with one attached hydrogen (secondary N) is 2. The standard InChI is InChI=1S/C12H24N2O3S/c1-4-11(9(2)3)14-12(15)7-10-8-18(16,17)6-5-13-10/h9-11,13H,4-8H2,1-3H3,(H,14,15). The van der Waals surface area contributed by atoms with E-state index in [0.29, 0.717) is 12.5 Å². The first-order chi connectivity index (χ1) is 8.34. The average Bonchev–Trinajstić information content (AvgIpc) is 2.23. The van der Waals surface area contributed by atoms with Crippen molar-refractivity contribution in [2.45, 2.75) is 45.7 Å². The molecule has 2 N–H and O–H groups in total. The minimum atomic E-state index is -2.97. The molecule has 1 saturated heterocycles. The Hall–Kier alpha value is -0.620. The highest BCUT2D eigenvalue weighted by atomic mass is 32.2. The van der Waals surface area contributed by atoms with Crippen LogP contribution in [0.15, 0.2) is 0 Å². The number of rotatable bonds is 5. The van der Waals surface area contributed by atoms with E-state index >= 15 is 0 Å². The SMILES string of the molecule is CCC(NC(=O)CC1CS(=O)(=O)CCN1)C(C)C. The van der Waals surface area contributed by atoms with Gasteiger partial charge in [-0.25, -0.2) is 8.42 Å². The van der Waals surface area contributed by atoms with E-state index in [1.54, 1.807) is 0 Å². The molecule has 0 aliphatic carbocycles. The van der Waals surface area contributed by atoms with Crippen LogP contribution in [0.25, 0.3) is 0 Å². The first-order valence-corrected chi connectivity index (χ1v) is 8.39. The van der Waals surface area contributed by atoms with Gasteiger partial charge in [-0.15, -0.1) is 0 Å². The van der Waals surface area contributed by atoms with Gasteiger partial charge in [0.15, 0.2) is 9.84 Å². The highest BCUT2D eigenvalue weighted by molar-refractivity contribution is 7.91. The molecule has 0 aromatic carbocycles. The number of hydrogen-bond acceptors (Lipinski definition) is 4. The van der Waals surface area contributed by atoms with Gasteiger partial charge in [0.05, 0.1) is 11.5 Å². The van der Waals surface area contributed by atoms with Gasteiger partial charge in [-0.05, 0) is 12.3 Å². The highest BCUT2D eigenvalue weighted by Crippen LogP contribution is 2.08. The Morgan fingerprint density at radius 1 is 1.44 bits per heavy atom. The third-order valence-corrected chi connectivity index (χ3v) is 5.06. The van der Waals surface area contributed by atoms with E-state index in [0.717, 1.165) is 6.42 Å². The van der Waals surface area contributed by atoms with Crippen molar-refractivity contribution < 1.29 is 13.2 Å². The number of hydrogen-bond donors (Lipinski definition) is 2. The molecule has 0 aromatic rings. The lowest BCUT2D eigenvalue weighted by molar-refractivity contribution is -0.122. The van der Waals surface area contributed by atoms with Crippen molar-refractivity contribution in [3.05, 3.63) is 0 Å². The maximum Gasteiger partial charge on any atom is 0.221 e. The molecule has 106 valence electrons. The monoisotopic (exact) mass is 276 g/mol. The maximum atomic E-state index is 11.9. The molecular formula is C12H24N2O3S. The van der Waals surface area contributed by atoms with Gasteiger partial charge in [0.2, 0.25) is 5.91 Å². The zero-order valence-corrected chi connectivity index (χ0v) is 12.2. The van der Waals surface area contributed by atoms with Crippen molar-refractivity contribution in [3.8, 4) is 0 Å². The molecule has 1 rings (SSSR count). The molecule has 6 heteroatoms. The van der Waals surface area contributed by atoms with Crippen LogP contribution < -0.4 is 10.6 Å². The van der Waals surface area contributed by atoms with E-state index in [1.807, 2.05) is 6.92 Å². The largest absolute Gasteiger partial charge is 0.353 e. The van der Waals surface area contributed by atoms with Crippen LogP contribution in [0.3, 0.4) is 0 Å². The predicted octanol–water partition coefficient (Wildman–Crippen LogP) is 0.314. The van der Waals surface area contributed by atoms with Crippen molar-refractivity contribution in [1.29, 1.82) is 0 Å². The molecule has 0 radical (unpaired) electrons. The summed E-state index contributed by atoms with van der Waals surface area (Å²) in [6.45, 7) is 6.62. The summed E-state index contributed by atoms with van der Waals surface area (Å²) in [5.74, 6) is 0.570. The van der Waals surface area contributed by atoms with Crippen molar-refractivity contribution in [3.63, 3.8) is 0 Å². The smallest absolute Gasteiger partial charge is 0.221 e. The second kappa shape index (κ2) is 6.52. The van der Waals surface area contributed by atoms with Gasteiger partial charge in [-0.3, -0.25) is 4.79 Å². The summed E-state index contributed by atoms with van der Waals surface area (Å²) in [6, 6.07) is -0.0777. The van der Waals surface area contributed by atoms with Crippen molar-refractivity contribution in [2.75, 3.05) is 18.1 Å². The number of amides is 1. The van der Waals surface area contributed by atoms with Gasteiger partial charge < -0.3 is 10.6 Å². The van der Waals surface area contributed by atoms with Crippen LogP contribution in [0, 0.1) is 5.92 Å². The summed E-state index contributed by atoms with van der Waals surface area (Å²) in [5.41, 5.74) is 0. The molecule has 1 fully saturated rings. The molecule has 1 heterocycles. The lowest BCUT2D eigenvalue weighted by Crippen LogP contribution is -2.48. The van der Waals surface area contributed by atoms with Gasteiger partial charge >= 0.3 is 0 Å². The molecule has 0 saturated carbocycles. The summed E-state index contributed by atoms with van der Waals surface area (Å²) < 4.78 is 22.9. The number of carbonyl (C=O) groups excluding carboxylic acids is 1. The summed E-state index contributed by atoms with van der Waals surface area (Å²) >= 11 is 0. The van der Waals surface area contributed by atoms with Crippen LogP contribution in [0.4, 0.5) is 0 Å². The molecule has 5 nitrogen and oxygen atoms in total. The molecule has 1 aliphatic heterocycles. The van der Waals surface area contributed by atoms with Crippen LogP contribution in [-0.4, -0.2) is 44.5 Å². The van der Waals surface area contributed by atoms with Crippen molar-refractivity contribution >= 4 is 15.7 Å². The van der Waals surface area contributed by atoms with Gasteiger partial charge in [0.1, 0.15) is 0 Å². The maximum absolute atomic E-state index is 11.9. The second-order valence-corrected chi connectivity index (χ2v) is 7.52. The van der Waals surface area contributed by atoms with E-state index in [4.69, 9.17) is 0 Å². The summed E-state index contributed by atoms with van der Waals surface area (Å²) in [6.07, 6.45) is 1.13. The molecule has 0 spiro atoms. The third-order valence-electron chi connectivity index (χ3n) is 3.32. The molecule has 1 aliphatic rings. The van der Waals surface area contributed by atoms with Crippen molar-refractivity contribution in [2.24, 2.45) is 5.92 Å². The van der Waals surface area contributed by atoms with Crippen molar-refractivity contribution in [1.82, 2.24) is 10.6 Å². The topological polar surface area (TPSA) is 75.3 Å². The molecule has 1 amide bonds. The van der Waals surface area contributed by atoms with Crippen LogP contribution in [0.2, 0.25) is 0 Å². The number of carbonyl (C=O) groups is 1. The lowest BCUT2D eigenvalue weighted by atomic mass is 10.0. The number of sulfone groups is 1. The van der Waals surface area contributed by atoms with Crippen LogP contribution in [0.5, 0.6) is 0 Å². The Kier molecular flexibility index (Phi) is 5.59. The average molecular weight is 276 g/mol. The van der Waals surface area contributed by atoms with E-state index < -0.39 is 9.84 Å². The fourth-order valence-electron chi connectivity index (χ4n) is 2.23. The van der Waals surface area contributed by atoms with Crippen LogP contribution in [-0.2, 0) is 14.6 Å². The second-order valence-electron chi connectivity index (χ2n) is 5.30. The predicted molar refractivity (Wildman–Crippen MR) is 72.1 cm³/mol. The van der Waals surface area contributed by atoms with Crippen LogP contribution >= 0.6 is 0 Å². The van der Waals surface area contributed by atoms with E-state index in [9.17, 15) is 13.2 Å². The first kappa shape index (κ1) is 15.4. The molecular weight excluding hydrogens is 252 g/mol. The Bertz CT molecular complexity index is 379. The minimum absolute atomic E-state index is 0.0647. The van der Waals surface area contributed by atoms with Gasteiger partial charge in [0.25, 0.3) is 0 Å². The van der Waals surface area contributed by atoms with E-state index in [1.165, 1.54) is 0 Å². The zero-order valence-electron chi connectivity index (χ0n) is 11.4. The Morgan fingerprint density at radius 2 is 2.11 bits per heavy atom.